The lowest BCUT2D eigenvalue weighted by Gasteiger charge is -2.26. The van der Waals surface area contributed by atoms with Crippen LogP contribution in [0.4, 0.5) is 5.13 Å². The first-order chi connectivity index (χ1) is 14.7. The Hall–Kier alpha value is -2.48. The molecule has 6 nitrogen and oxygen atoms in total. The smallest absolute Gasteiger partial charge is 0.226 e. The number of thiazole rings is 1. The van der Waals surface area contributed by atoms with Crippen LogP contribution < -0.4 is 10.1 Å². The first-order valence-electron chi connectivity index (χ1n) is 10.3. The molecule has 2 aromatic carbocycles. The molecule has 1 saturated heterocycles. The van der Waals surface area contributed by atoms with Gasteiger partial charge in [0.15, 0.2) is 5.13 Å². The van der Waals surface area contributed by atoms with E-state index in [2.05, 4.69) is 27.3 Å². The number of carbonyl (C=O) groups is 1. The highest BCUT2D eigenvalue weighted by molar-refractivity contribution is 7.22. The third kappa shape index (κ3) is 5.78. The summed E-state index contributed by atoms with van der Waals surface area (Å²) in [6, 6.07) is 14.3. The molecule has 1 aromatic heterocycles. The highest BCUT2D eigenvalue weighted by Crippen LogP contribution is 2.27. The van der Waals surface area contributed by atoms with Crippen LogP contribution in [0.3, 0.4) is 0 Å². The first-order valence-corrected chi connectivity index (χ1v) is 11.2. The molecule has 0 saturated carbocycles. The summed E-state index contributed by atoms with van der Waals surface area (Å²) in [5, 5.41) is 3.58. The van der Waals surface area contributed by atoms with Gasteiger partial charge in [0.1, 0.15) is 5.75 Å². The zero-order valence-corrected chi connectivity index (χ0v) is 18.0. The van der Waals surface area contributed by atoms with Crippen molar-refractivity contribution in [2.24, 2.45) is 0 Å². The summed E-state index contributed by atoms with van der Waals surface area (Å²) in [4.78, 5) is 19.2. The number of hydrogen-bond donors (Lipinski definition) is 1. The van der Waals surface area contributed by atoms with E-state index in [1.807, 2.05) is 37.3 Å². The van der Waals surface area contributed by atoms with E-state index in [0.29, 0.717) is 24.6 Å². The largest absolute Gasteiger partial charge is 0.494 e. The Kier molecular flexibility index (Phi) is 6.94. The molecule has 0 unspecified atom stereocenters. The van der Waals surface area contributed by atoms with Gasteiger partial charge < -0.3 is 14.8 Å². The van der Waals surface area contributed by atoms with Gasteiger partial charge in [-0.2, -0.15) is 0 Å². The van der Waals surface area contributed by atoms with Crippen molar-refractivity contribution < 1.29 is 14.3 Å². The summed E-state index contributed by atoms with van der Waals surface area (Å²) >= 11 is 1.52. The second kappa shape index (κ2) is 10.0. The van der Waals surface area contributed by atoms with Gasteiger partial charge in [-0.1, -0.05) is 35.1 Å². The van der Waals surface area contributed by atoms with Gasteiger partial charge in [0.2, 0.25) is 5.91 Å². The zero-order chi connectivity index (χ0) is 20.8. The molecule has 0 bridgehead atoms. The van der Waals surface area contributed by atoms with E-state index >= 15 is 0 Å². The van der Waals surface area contributed by atoms with E-state index < -0.39 is 0 Å². The number of nitrogens with one attached hydrogen (secondary N) is 1. The van der Waals surface area contributed by atoms with Crippen LogP contribution in [0.5, 0.6) is 5.75 Å². The van der Waals surface area contributed by atoms with Crippen LogP contribution in [0, 0.1) is 6.92 Å². The number of carbonyl (C=O) groups excluding carboxylic acids is 1. The van der Waals surface area contributed by atoms with Crippen molar-refractivity contribution in [3.63, 3.8) is 0 Å². The fraction of sp³-hybridized carbons (Fsp3) is 0.391. The van der Waals surface area contributed by atoms with Crippen LogP contribution in [-0.4, -0.2) is 48.7 Å². The molecular weight excluding hydrogens is 398 g/mol. The average Bonchev–Trinajstić information content (AvgIpc) is 3.14. The van der Waals surface area contributed by atoms with Crippen molar-refractivity contribution in [2.45, 2.75) is 26.3 Å². The lowest BCUT2D eigenvalue weighted by Crippen LogP contribution is -2.35. The Morgan fingerprint density at radius 1 is 1.20 bits per heavy atom. The van der Waals surface area contributed by atoms with Crippen molar-refractivity contribution in [3.05, 3.63) is 53.6 Å². The first kappa shape index (κ1) is 20.8. The van der Waals surface area contributed by atoms with Gasteiger partial charge in [0.05, 0.1) is 30.0 Å². The molecule has 2 heterocycles. The fourth-order valence-corrected chi connectivity index (χ4v) is 4.32. The molecule has 0 atom stereocenters. The zero-order valence-electron chi connectivity index (χ0n) is 17.2. The Bertz CT molecular complexity index is 981. The topological polar surface area (TPSA) is 63.7 Å². The molecule has 4 rings (SSSR count). The van der Waals surface area contributed by atoms with E-state index in [9.17, 15) is 4.79 Å². The Morgan fingerprint density at radius 2 is 2.00 bits per heavy atom. The maximum absolute atomic E-state index is 12.3. The van der Waals surface area contributed by atoms with Gasteiger partial charge in [0.25, 0.3) is 0 Å². The average molecular weight is 426 g/mol. The Balaban J connectivity index is 1.25. The van der Waals surface area contributed by atoms with Crippen LogP contribution >= 0.6 is 11.3 Å². The quantitative estimate of drug-likeness (QED) is 0.547. The SMILES string of the molecule is Cc1ccc(OCCCC(=O)Nc2nc3ccc(CN4CCOCC4)cc3s2)cc1. The fourth-order valence-electron chi connectivity index (χ4n) is 3.38. The van der Waals surface area contributed by atoms with Crippen LogP contribution in [0.2, 0.25) is 0 Å². The van der Waals surface area contributed by atoms with Crippen LogP contribution in [-0.2, 0) is 16.1 Å². The van der Waals surface area contributed by atoms with Crippen LogP contribution in [0.25, 0.3) is 10.2 Å². The van der Waals surface area contributed by atoms with Crippen LogP contribution in [0.1, 0.15) is 24.0 Å². The number of anilines is 1. The second-order valence-electron chi connectivity index (χ2n) is 7.52. The molecule has 1 aliphatic heterocycles. The lowest BCUT2D eigenvalue weighted by molar-refractivity contribution is -0.116. The number of ether oxygens (including phenoxy) is 2. The number of nitrogens with zero attached hydrogens (tertiary/aromatic N) is 2. The monoisotopic (exact) mass is 425 g/mol. The number of morpholine rings is 1. The molecule has 0 spiro atoms. The predicted octanol–water partition coefficient (Wildman–Crippen LogP) is 4.23. The van der Waals surface area contributed by atoms with Gasteiger partial charge in [-0.3, -0.25) is 9.69 Å². The third-order valence-corrected chi connectivity index (χ3v) is 5.98. The Labute approximate surface area is 180 Å². The maximum atomic E-state index is 12.3. The van der Waals surface area contributed by atoms with Crippen molar-refractivity contribution in [1.29, 1.82) is 0 Å². The van der Waals surface area contributed by atoms with Gasteiger partial charge in [-0.15, -0.1) is 0 Å². The van der Waals surface area contributed by atoms with Gasteiger partial charge >= 0.3 is 0 Å². The molecule has 3 aromatic rings. The minimum absolute atomic E-state index is 0.0323. The van der Waals surface area contributed by atoms with Crippen LogP contribution in [0.15, 0.2) is 42.5 Å². The van der Waals surface area contributed by atoms with E-state index in [4.69, 9.17) is 9.47 Å². The molecule has 0 radical (unpaired) electrons. The predicted molar refractivity (Wildman–Crippen MR) is 120 cm³/mol. The number of benzene rings is 2. The van der Waals surface area contributed by atoms with Crippen molar-refractivity contribution in [3.8, 4) is 5.75 Å². The van der Waals surface area contributed by atoms with E-state index in [1.54, 1.807) is 0 Å². The number of amides is 1. The van der Waals surface area contributed by atoms with Crippen molar-refractivity contribution >= 4 is 32.6 Å². The Morgan fingerprint density at radius 3 is 2.80 bits per heavy atom. The minimum Gasteiger partial charge on any atom is -0.494 e. The molecule has 158 valence electrons. The van der Waals surface area contributed by atoms with Crippen molar-refractivity contribution in [1.82, 2.24) is 9.88 Å². The van der Waals surface area contributed by atoms with E-state index in [0.717, 1.165) is 48.8 Å². The van der Waals surface area contributed by atoms with E-state index in [-0.39, 0.29) is 5.91 Å². The number of aryl methyl sites for hydroxylation is 1. The highest BCUT2D eigenvalue weighted by atomic mass is 32.1. The maximum Gasteiger partial charge on any atom is 0.226 e. The summed E-state index contributed by atoms with van der Waals surface area (Å²) in [7, 11) is 0. The number of aromatic nitrogens is 1. The number of hydrogen-bond acceptors (Lipinski definition) is 6. The summed E-state index contributed by atoms with van der Waals surface area (Å²) in [5.74, 6) is 0.801. The second-order valence-corrected chi connectivity index (χ2v) is 8.55. The molecule has 0 aliphatic carbocycles. The molecule has 7 heteroatoms. The lowest BCUT2D eigenvalue weighted by atomic mass is 10.2. The summed E-state index contributed by atoms with van der Waals surface area (Å²) < 4.78 is 12.2. The summed E-state index contributed by atoms with van der Waals surface area (Å²) in [5.41, 5.74) is 3.38. The summed E-state index contributed by atoms with van der Waals surface area (Å²) in [6.07, 6.45) is 1.07. The van der Waals surface area contributed by atoms with E-state index in [1.165, 1.54) is 22.5 Å². The van der Waals surface area contributed by atoms with Crippen molar-refractivity contribution in [2.75, 3.05) is 38.2 Å². The van der Waals surface area contributed by atoms with Gasteiger partial charge in [0, 0.05) is 26.1 Å². The molecule has 1 amide bonds. The summed E-state index contributed by atoms with van der Waals surface area (Å²) in [6.45, 7) is 7.01. The molecular formula is C23H27N3O3S. The normalized spacial score (nSPS) is 14.7. The third-order valence-electron chi connectivity index (χ3n) is 5.05. The number of fused-ring (bicyclic) bond motifs is 1. The number of rotatable bonds is 8. The highest BCUT2D eigenvalue weighted by Gasteiger charge is 2.12. The molecule has 1 N–H and O–H groups in total. The molecule has 1 aliphatic rings. The molecule has 30 heavy (non-hydrogen) atoms. The standard InChI is InChI=1S/C23H27N3O3S/c1-17-4-7-19(8-5-17)29-12-2-3-22(27)25-23-24-20-9-6-18(15-21(20)30-23)16-26-10-13-28-14-11-26/h4-9,15H,2-3,10-14,16H2,1H3,(H,24,25,27). The molecule has 1 fully saturated rings. The minimum atomic E-state index is -0.0323. The van der Waals surface area contributed by atoms with Gasteiger partial charge in [-0.05, 0) is 43.2 Å². The van der Waals surface area contributed by atoms with Gasteiger partial charge in [-0.25, -0.2) is 4.98 Å².